The van der Waals surface area contributed by atoms with Gasteiger partial charge in [-0.1, -0.05) is 13.8 Å². The van der Waals surface area contributed by atoms with Gasteiger partial charge in [-0.3, -0.25) is 4.79 Å². The van der Waals surface area contributed by atoms with Gasteiger partial charge >= 0.3 is 0 Å². The standard InChI is InChI=1S/C12H27N3O2/c1-4-15(5-2)9-6-8-14-12(16)11(13)7-10-17-3/h11H,4-10,13H2,1-3H3,(H,14,16). The van der Waals surface area contributed by atoms with E-state index in [4.69, 9.17) is 10.5 Å². The summed E-state index contributed by atoms with van der Waals surface area (Å²) in [6.45, 7) is 8.62. The highest BCUT2D eigenvalue weighted by Crippen LogP contribution is 1.91. The Morgan fingerprint density at radius 2 is 2.06 bits per heavy atom. The number of amides is 1. The molecule has 0 aromatic carbocycles. The van der Waals surface area contributed by atoms with E-state index in [0.717, 1.165) is 26.1 Å². The zero-order chi connectivity index (χ0) is 13.1. The molecule has 0 saturated carbocycles. The molecule has 0 fully saturated rings. The average molecular weight is 245 g/mol. The fraction of sp³-hybridized carbons (Fsp3) is 0.917. The van der Waals surface area contributed by atoms with Crippen molar-refractivity contribution in [3.63, 3.8) is 0 Å². The van der Waals surface area contributed by atoms with Crippen molar-refractivity contribution in [2.75, 3.05) is 39.9 Å². The zero-order valence-electron chi connectivity index (χ0n) is 11.4. The molecule has 1 atom stereocenters. The first kappa shape index (κ1) is 16.4. The number of nitrogens with two attached hydrogens (primary N) is 1. The molecule has 0 saturated heterocycles. The minimum absolute atomic E-state index is 0.0819. The third kappa shape index (κ3) is 8.12. The molecule has 0 aliphatic carbocycles. The number of hydrogen-bond acceptors (Lipinski definition) is 4. The van der Waals surface area contributed by atoms with Gasteiger partial charge in [0.1, 0.15) is 0 Å². The minimum Gasteiger partial charge on any atom is -0.385 e. The molecule has 0 aliphatic rings. The number of hydrogen-bond donors (Lipinski definition) is 2. The van der Waals surface area contributed by atoms with E-state index < -0.39 is 6.04 Å². The summed E-state index contributed by atoms with van der Waals surface area (Å²) in [6.07, 6.45) is 1.53. The highest BCUT2D eigenvalue weighted by molar-refractivity contribution is 5.81. The fourth-order valence-electron chi connectivity index (χ4n) is 1.56. The van der Waals surface area contributed by atoms with Crippen LogP contribution in [0.2, 0.25) is 0 Å². The number of carbonyl (C=O) groups is 1. The number of rotatable bonds is 10. The summed E-state index contributed by atoms with van der Waals surface area (Å²) in [7, 11) is 1.61. The van der Waals surface area contributed by atoms with Crippen molar-refractivity contribution in [2.24, 2.45) is 5.73 Å². The van der Waals surface area contributed by atoms with Gasteiger partial charge in [0.25, 0.3) is 0 Å². The Hall–Kier alpha value is -0.650. The van der Waals surface area contributed by atoms with Crippen molar-refractivity contribution in [1.82, 2.24) is 10.2 Å². The molecule has 0 aromatic heterocycles. The van der Waals surface area contributed by atoms with Crippen LogP contribution in [0.4, 0.5) is 0 Å². The molecule has 1 unspecified atom stereocenters. The highest BCUT2D eigenvalue weighted by Gasteiger charge is 2.11. The van der Waals surface area contributed by atoms with Gasteiger partial charge in [-0.2, -0.15) is 0 Å². The van der Waals surface area contributed by atoms with Crippen LogP contribution in [-0.4, -0.2) is 56.7 Å². The molecule has 17 heavy (non-hydrogen) atoms. The fourth-order valence-corrected chi connectivity index (χ4v) is 1.56. The van der Waals surface area contributed by atoms with Crippen LogP contribution in [0.25, 0.3) is 0 Å². The van der Waals surface area contributed by atoms with Crippen molar-refractivity contribution >= 4 is 5.91 Å². The van der Waals surface area contributed by atoms with Crippen LogP contribution in [-0.2, 0) is 9.53 Å². The molecule has 5 nitrogen and oxygen atoms in total. The van der Waals surface area contributed by atoms with Crippen LogP contribution >= 0.6 is 0 Å². The van der Waals surface area contributed by atoms with Crippen LogP contribution in [0, 0.1) is 0 Å². The molecule has 0 aromatic rings. The predicted molar refractivity (Wildman–Crippen MR) is 69.9 cm³/mol. The van der Waals surface area contributed by atoms with Crippen LogP contribution in [0.5, 0.6) is 0 Å². The molecule has 5 heteroatoms. The van der Waals surface area contributed by atoms with E-state index in [1.54, 1.807) is 7.11 Å². The van der Waals surface area contributed by atoms with Crippen LogP contribution < -0.4 is 11.1 Å². The first-order valence-electron chi connectivity index (χ1n) is 6.40. The van der Waals surface area contributed by atoms with Crippen molar-refractivity contribution in [2.45, 2.75) is 32.7 Å². The quantitative estimate of drug-likeness (QED) is 0.540. The summed E-state index contributed by atoms with van der Waals surface area (Å²) in [5.41, 5.74) is 5.70. The summed E-state index contributed by atoms with van der Waals surface area (Å²) in [5.74, 6) is -0.0819. The molecule has 0 aliphatic heterocycles. The SMILES string of the molecule is CCN(CC)CCCNC(=O)C(N)CCOC. The second-order valence-corrected chi connectivity index (χ2v) is 4.06. The van der Waals surface area contributed by atoms with Gasteiger partial charge in [0.15, 0.2) is 0 Å². The second-order valence-electron chi connectivity index (χ2n) is 4.06. The van der Waals surface area contributed by atoms with Crippen molar-refractivity contribution in [3.05, 3.63) is 0 Å². The smallest absolute Gasteiger partial charge is 0.237 e. The maximum Gasteiger partial charge on any atom is 0.237 e. The molecule has 1 amide bonds. The van der Waals surface area contributed by atoms with Crippen LogP contribution in [0.1, 0.15) is 26.7 Å². The van der Waals surface area contributed by atoms with E-state index >= 15 is 0 Å². The second kappa shape index (κ2) is 10.5. The summed E-state index contributed by atoms with van der Waals surface area (Å²) in [4.78, 5) is 13.9. The van der Waals surface area contributed by atoms with Crippen LogP contribution in [0.15, 0.2) is 0 Å². The van der Waals surface area contributed by atoms with Gasteiger partial charge in [0, 0.05) is 20.3 Å². The van der Waals surface area contributed by atoms with Gasteiger partial charge in [0.2, 0.25) is 5.91 Å². The monoisotopic (exact) mass is 245 g/mol. The Morgan fingerprint density at radius 3 is 2.59 bits per heavy atom. The van der Waals surface area contributed by atoms with Crippen molar-refractivity contribution < 1.29 is 9.53 Å². The highest BCUT2D eigenvalue weighted by atomic mass is 16.5. The Morgan fingerprint density at radius 1 is 1.41 bits per heavy atom. The van der Waals surface area contributed by atoms with Gasteiger partial charge in [0.05, 0.1) is 6.04 Å². The maximum atomic E-state index is 11.5. The third-order valence-electron chi connectivity index (χ3n) is 2.81. The Kier molecular flexibility index (Phi) is 10.1. The number of carbonyl (C=O) groups excluding carboxylic acids is 1. The van der Waals surface area contributed by atoms with Crippen molar-refractivity contribution in [1.29, 1.82) is 0 Å². The molecule has 0 heterocycles. The zero-order valence-corrected chi connectivity index (χ0v) is 11.4. The largest absolute Gasteiger partial charge is 0.385 e. The van der Waals surface area contributed by atoms with E-state index in [1.807, 2.05) is 0 Å². The lowest BCUT2D eigenvalue weighted by atomic mass is 10.2. The van der Waals surface area contributed by atoms with Crippen LogP contribution in [0.3, 0.4) is 0 Å². The lowest BCUT2D eigenvalue weighted by Crippen LogP contribution is -2.42. The molecular weight excluding hydrogens is 218 g/mol. The normalized spacial score (nSPS) is 12.8. The lowest BCUT2D eigenvalue weighted by Gasteiger charge is -2.18. The number of methoxy groups -OCH3 is 1. The molecule has 0 bridgehead atoms. The first-order valence-corrected chi connectivity index (χ1v) is 6.40. The van der Waals surface area contributed by atoms with E-state index in [2.05, 4.69) is 24.1 Å². The summed E-state index contributed by atoms with van der Waals surface area (Å²) >= 11 is 0. The summed E-state index contributed by atoms with van der Waals surface area (Å²) in [6, 6.07) is -0.455. The first-order chi connectivity index (χ1) is 8.15. The number of nitrogens with zero attached hydrogens (tertiary/aromatic N) is 1. The van der Waals surface area contributed by atoms with E-state index in [9.17, 15) is 4.79 Å². The third-order valence-corrected chi connectivity index (χ3v) is 2.81. The van der Waals surface area contributed by atoms with Gasteiger partial charge in [-0.05, 0) is 32.5 Å². The average Bonchev–Trinajstić information content (AvgIpc) is 2.35. The molecule has 3 N–H and O–H groups in total. The maximum absolute atomic E-state index is 11.5. The predicted octanol–water partition coefficient (Wildman–Crippen LogP) is 0.198. The van der Waals surface area contributed by atoms with Gasteiger partial charge < -0.3 is 20.7 Å². The number of ether oxygens (including phenoxy) is 1. The summed E-state index contributed by atoms with van der Waals surface area (Å²) < 4.78 is 4.88. The van der Waals surface area contributed by atoms with Crippen molar-refractivity contribution in [3.8, 4) is 0 Å². The lowest BCUT2D eigenvalue weighted by molar-refractivity contribution is -0.122. The topological polar surface area (TPSA) is 67.6 Å². The molecule has 0 rings (SSSR count). The Labute approximate surface area is 105 Å². The molecule has 0 spiro atoms. The molecular formula is C12H27N3O2. The Balaban J connectivity index is 3.56. The Bertz CT molecular complexity index is 196. The van der Waals surface area contributed by atoms with Gasteiger partial charge in [-0.25, -0.2) is 0 Å². The van der Waals surface area contributed by atoms with E-state index in [1.165, 1.54) is 0 Å². The molecule has 102 valence electrons. The van der Waals surface area contributed by atoms with E-state index in [-0.39, 0.29) is 5.91 Å². The molecule has 0 radical (unpaired) electrons. The minimum atomic E-state index is -0.455. The van der Waals surface area contributed by atoms with E-state index in [0.29, 0.717) is 19.6 Å². The van der Waals surface area contributed by atoms with Gasteiger partial charge in [-0.15, -0.1) is 0 Å². The summed E-state index contributed by atoms with van der Waals surface area (Å²) in [5, 5.41) is 2.85. The number of nitrogens with one attached hydrogen (secondary N) is 1.